The van der Waals surface area contributed by atoms with Crippen LogP contribution < -0.4 is 5.73 Å². The lowest BCUT2D eigenvalue weighted by Gasteiger charge is -2.57. The van der Waals surface area contributed by atoms with Crippen molar-refractivity contribution < 1.29 is 4.79 Å². The molecule has 1 saturated heterocycles. The molecule has 0 aromatic heterocycles. The van der Waals surface area contributed by atoms with Gasteiger partial charge in [-0.3, -0.25) is 4.79 Å². The molecule has 1 amide bonds. The molecule has 118 valence electrons. The van der Waals surface area contributed by atoms with E-state index in [1.54, 1.807) is 0 Å². The van der Waals surface area contributed by atoms with Crippen LogP contribution >= 0.6 is 0 Å². The fraction of sp³-hybridized carbons (Fsp3) is 0.944. The number of likely N-dealkylation sites (tertiary alicyclic amines) is 1. The predicted molar refractivity (Wildman–Crippen MR) is 83.6 cm³/mol. The Labute approximate surface area is 128 Å². The second-order valence-electron chi connectivity index (χ2n) is 8.68. The van der Waals surface area contributed by atoms with E-state index >= 15 is 0 Å². The average molecular weight is 290 g/mol. The zero-order valence-corrected chi connectivity index (χ0v) is 13.4. The summed E-state index contributed by atoms with van der Waals surface area (Å²) in [5, 5.41) is 0. The molecule has 2 atom stereocenters. The Kier molecular flexibility index (Phi) is 3.33. The summed E-state index contributed by atoms with van der Waals surface area (Å²) in [7, 11) is 0. The molecule has 0 aromatic carbocycles. The van der Waals surface area contributed by atoms with Crippen LogP contribution in [0.5, 0.6) is 0 Å². The number of hydrogen-bond donors (Lipinski definition) is 1. The summed E-state index contributed by atoms with van der Waals surface area (Å²) in [4.78, 5) is 15.6. The van der Waals surface area contributed by atoms with Crippen LogP contribution in [-0.2, 0) is 4.79 Å². The minimum atomic E-state index is 0.0273. The van der Waals surface area contributed by atoms with Crippen molar-refractivity contribution in [2.75, 3.05) is 13.1 Å². The zero-order chi connectivity index (χ0) is 14.6. The maximum absolute atomic E-state index is 13.4. The van der Waals surface area contributed by atoms with Crippen LogP contribution in [0.3, 0.4) is 0 Å². The first-order valence-electron chi connectivity index (χ1n) is 9.11. The third-order valence-corrected chi connectivity index (χ3v) is 7.07. The van der Waals surface area contributed by atoms with Gasteiger partial charge < -0.3 is 10.6 Å². The molecule has 5 fully saturated rings. The molecule has 5 aliphatic rings. The third-order valence-electron chi connectivity index (χ3n) is 7.07. The van der Waals surface area contributed by atoms with Crippen LogP contribution in [0.15, 0.2) is 0 Å². The number of amides is 1. The summed E-state index contributed by atoms with van der Waals surface area (Å²) in [5.41, 5.74) is 5.91. The number of rotatable bonds is 2. The molecular formula is C18H30N2O. The highest BCUT2D eigenvalue weighted by atomic mass is 16.2. The van der Waals surface area contributed by atoms with Gasteiger partial charge in [0.25, 0.3) is 0 Å². The molecule has 0 spiro atoms. The van der Waals surface area contributed by atoms with E-state index in [4.69, 9.17) is 5.73 Å². The monoisotopic (exact) mass is 290 g/mol. The summed E-state index contributed by atoms with van der Waals surface area (Å²) >= 11 is 0. The molecule has 3 nitrogen and oxygen atoms in total. The predicted octanol–water partition coefficient (Wildman–Crippen LogP) is 2.79. The molecule has 21 heavy (non-hydrogen) atoms. The average Bonchev–Trinajstić information content (AvgIpc) is 2.45. The van der Waals surface area contributed by atoms with Gasteiger partial charge in [0.15, 0.2) is 0 Å². The Morgan fingerprint density at radius 1 is 1.10 bits per heavy atom. The van der Waals surface area contributed by atoms with Crippen LogP contribution in [-0.4, -0.2) is 29.9 Å². The van der Waals surface area contributed by atoms with E-state index in [9.17, 15) is 4.79 Å². The van der Waals surface area contributed by atoms with E-state index < -0.39 is 0 Å². The van der Waals surface area contributed by atoms with Gasteiger partial charge >= 0.3 is 0 Å². The van der Waals surface area contributed by atoms with Crippen LogP contribution in [0.1, 0.15) is 58.3 Å². The number of nitrogens with zero attached hydrogens (tertiary/aromatic N) is 1. The number of carbonyl (C=O) groups excluding carboxylic acids is 1. The molecule has 0 radical (unpaired) electrons. The quantitative estimate of drug-likeness (QED) is 0.850. The van der Waals surface area contributed by atoms with E-state index in [1.807, 2.05) is 0 Å². The highest BCUT2D eigenvalue weighted by molar-refractivity contribution is 5.83. The smallest absolute Gasteiger partial charge is 0.229 e. The minimum absolute atomic E-state index is 0.0273. The lowest BCUT2D eigenvalue weighted by atomic mass is 9.49. The minimum Gasteiger partial charge on any atom is -0.339 e. The van der Waals surface area contributed by atoms with Gasteiger partial charge in [0.1, 0.15) is 0 Å². The molecular weight excluding hydrogens is 260 g/mol. The Hall–Kier alpha value is -0.570. The summed E-state index contributed by atoms with van der Waals surface area (Å²) in [6.07, 6.45) is 10.1. The first-order chi connectivity index (χ1) is 10.1. The molecule has 2 N–H and O–H groups in total. The highest BCUT2D eigenvalue weighted by Gasteiger charge is 2.56. The first kappa shape index (κ1) is 14.0. The second-order valence-corrected chi connectivity index (χ2v) is 8.68. The highest BCUT2D eigenvalue weighted by Crippen LogP contribution is 2.60. The maximum Gasteiger partial charge on any atom is 0.229 e. The normalized spacial score (nSPS) is 48.7. The van der Waals surface area contributed by atoms with Crippen molar-refractivity contribution in [3.63, 3.8) is 0 Å². The van der Waals surface area contributed by atoms with Gasteiger partial charge in [-0.05, 0) is 88.5 Å². The third kappa shape index (κ3) is 2.23. The fourth-order valence-electron chi connectivity index (χ4n) is 6.33. The second kappa shape index (κ2) is 4.97. The summed E-state index contributed by atoms with van der Waals surface area (Å²) in [6, 6.07) is 0.424. The van der Waals surface area contributed by atoms with Gasteiger partial charge in [0.05, 0.1) is 5.41 Å². The van der Waals surface area contributed by atoms with Crippen molar-refractivity contribution in [3.8, 4) is 0 Å². The van der Waals surface area contributed by atoms with Crippen molar-refractivity contribution in [1.29, 1.82) is 0 Å². The molecule has 1 heterocycles. The van der Waals surface area contributed by atoms with E-state index in [1.165, 1.54) is 44.9 Å². The Morgan fingerprint density at radius 3 is 2.19 bits per heavy atom. The number of hydrogen-bond acceptors (Lipinski definition) is 2. The first-order valence-corrected chi connectivity index (χ1v) is 9.11. The molecule has 0 aromatic rings. The Morgan fingerprint density at radius 2 is 1.67 bits per heavy atom. The molecule has 4 bridgehead atoms. The van der Waals surface area contributed by atoms with E-state index in [2.05, 4.69) is 11.8 Å². The van der Waals surface area contributed by atoms with Crippen LogP contribution in [0.2, 0.25) is 0 Å². The van der Waals surface area contributed by atoms with E-state index in [0.29, 0.717) is 17.9 Å². The van der Waals surface area contributed by atoms with Gasteiger partial charge in [-0.1, -0.05) is 0 Å². The van der Waals surface area contributed by atoms with Gasteiger partial charge in [0.2, 0.25) is 5.91 Å². The Bertz CT molecular complexity index is 398. The van der Waals surface area contributed by atoms with Crippen molar-refractivity contribution in [3.05, 3.63) is 0 Å². The van der Waals surface area contributed by atoms with E-state index in [0.717, 1.165) is 37.3 Å². The fourth-order valence-corrected chi connectivity index (χ4v) is 6.33. The van der Waals surface area contributed by atoms with Crippen molar-refractivity contribution in [2.45, 2.75) is 64.3 Å². The van der Waals surface area contributed by atoms with Crippen LogP contribution in [0, 0.1) is 29.1 Å². The molecule has 4 saturated carbocycles. The summed E-state index contributed by atoms with van der Waals surface area (Å²) < 4.78 is 0. The largest absolute Gasteiger partial charge is 0.339 e. The van der Waals surface area contributed by atoms with Crippen molar-refractivity contribution in [1.82, 2.24) is 4.90 Å². The lowest BCUT2D eigenvalue weighted by Crippen LogP contribution is -2.58. The number of piperidine rings is 1. The maximum atomic E-state index is 13.4. The SMILES string of the molecule is CC1CCC(CN)CN1C(=O)C12CC3CC(CC(C3)C1)C2. The molecule has 4 aliphatic carbocycles. The van der Waals surface area contributed by atoms with Crippen molar-refractivity contribution >= 4 is 5.91 Å². The van der Waals surface area contributed by atoms with Gasteiger partial charge in [-0.25, -0.2) is 0 Å². The molecule has 2 unspecified atom stereocenters. The summed E-state index contributed by atoms with van der Waals surface area (Å²) in [5.74, 6) is 3.59. The standard InChI is InChI=1S/C18H30N2O/c1-12-2-3-13(10-19)11-20(12)17(21)18-7-14-4-15(8-18)6-16(5-14)9-18/h12-16H,2-11,19H2,1H3. The van der Waals surface area contributed by atoms with Crippen LogP contribution in [0.4, 0.5) is 0 Å². The van der Waals surface area contributed by atoms with Crippen molar-refractivity contribution in [2.24, 2.45) is 34.8 Å². The lowest BCUT2D eigenvalue weighted by molar-refractivity contribution is -0.162. The number of nitrogens with two attached hydrogens (primary N) is 1. The van der Waals surface area contributed by atoms with Gasteiger partial charge in [-0.2, -0.15) is 0 Å². The van der Waals surface area contributed by atoms with E-state index in [-0.39, 0.29) is 5.41 Å². The topological polar surface area (TPSA) is 46.3 Å². The van der Waals surface area contributed by atoms with Gasteiger partial charge in [-0.15, -0.1) is 0 Å². The number of carbonyl (C=O) groups is 1. The van der Waals surface area contributed by atoms with Gasteiger partial charge in [0, 0.05) is 12.6 Å². The Balaban J connectivity index is 1.56. The molecule has 1 aliphatic heterocycles. The molecule has 5 rings (SSSR count). The van der Waals surface area contributed by atoms with Crippen LogP contribution in [0.25, 0.3) is 0 Å². The summed E-state index contributed by atoms with van der Waals surface area (Å²) in [6.45, 7) is 3.89. The molecule has 3 heteroatoms. The zero-order valence-electron chi connectivity index (χ0n) is 13.4.